The first-order valence-electron chi connectivity index (χ1n) is 8.36. The number of rotatable bonds is 3. The lowest BCUT2D eigenvalue weighted by Gasteiger charge is -2.40. The summed E-state index contributed by atoms with van der Waals surface area (Å²) >= 11 is 0. The third-order valence-corrected chi connectivity index (χ3v) is 5.15. The Morgan fingerprint density at radius 3 is 2.87 bits per heavy atom. The Kier molecular flexibility index (Phi) is 3.69. The molecular weight excluding hydrogens is 288 g/mol. The van der Waals surface area contributed by atoms with Crippen molar-refractivity contribution in [2.24, 2.45) is 0 Å². The van der Waals surface area contributed by atoms with Gasteiger partial charge in [0.1, 0.15) is 0 Å². The summed E-state index contributed by atoms with van der Waals surface area (Å²) in [7, 11) is 1.47. The monoisotopic (exact) mass is 310 g/mol. The van der Waals surface area contributed by atoms with E-state index >= 15 is 0 Å². The molecule has 1 aromatic carbocycles. The number of carbonyl (C=O) groups excluding carboxylic acids is 1. The topological polar surface area (TPSA) is 34.5 Å². The van der Waals surface area contributed by atoms with E-state index in [1.54, 1.807) is 0 Å². The van der Waals surface area contributed by atoms with Gasteiger partial charge in [-0.1, -0.05) is 30.3 Å². The lowest BCUT2D eigenvalue weighted by molar-refractivity contribution is 0.0599. The highest BCUT2D eigenvalue weighted by Gasteiger charge is 2.35. The first-order chi connectivity index (χ1) is 11.3. The van der Waals surface area contributed by atoms with Gasteiger partial charge in [-0.05, 0) is 30.4 Å². The van der Waals surface area contributed by atoms with Gasteiger partial charge in [-0.2, -0.15) is 0 Å². The second-order valence-electron chi connectivity index (χ2n) is 6.46. The molecule has 0 fully saturated rings. The van der Waals surface area contributed by atoms with Crippen molar-refractivity contribution in [3.05, 3.63) is 58.9 Å². The van der Waals surface area contributed by atoms with Gasteiger partial charge in [-0.25, -0.2) is 4.79 Å². The van der Waals surface area contributed by atoms with Crippen LogP contribution in [0.1, 0.15) is 46.1 Å². The lowest BCUT2D eigenvalue weighted by Crippen LogP contribution is -2.39. The number of hydrogen-bond acceptors (Lipinski definition) is 3. The van der Waals surface area contributed by atoms with E-state index in [-0.39, 0.29) is 5.97 Å². The first kappa shape index (κ1) is 14.5. The van der Waals surface area contributed by atoms with E-state index < -0.39 is 0 Å². The smallest absolute Gasteiger partial charge is 0.339 e. The van der Waals surface area contributed by atoms with Crippen LogP contribution in [0.25, 0.3) is 0 Å². The fraction of sp³-hybridized carbons (Fsp3) is 0.421. The van der Waals surface area contributed by atoms with Crippen molar-refractivity contribution in [1.82, 2.24) is 9.47 Å². The Hall–Kier alpha value is -2.07. The number of aromatic nitrogens is 1. The van der Waals surface area contributed by atoms with Gasteiger partial charge >= 0.3 is 5.97 Å². The van der Waals surface area contributed by atoms with Crippen molar-refractivity contribution in [2.45, 2.75) is 38.4 Å². The van der Waals surface area contributed by atoms with Gasteiger partial charge in [0.05, 0.1) is 18.7 Å². The minimum atomic E-state index is -0.197. The molecule has 0 amide bonds. The number of carbonyl (C=O) groups is 1. The second kappa shape index (κ2) is 5.85. The quantitative estimate of drug-likeness (QED) is 0.817. The van der Waals surface area contributed by atoms with Gasteiger partial charge < -0.3 is 9.30 Å². The van der Waals surface area contributed by atoms with E-state index in [0.717, 1.165) is 38.0 Å². The molecule has 1 aliphatic carbocycles. The molecule has 0 N–H and O–H groups in total. The van der Waals surface area contributed by atoms with Gasteiger partial charge in [0, 0.05) is 31.5 Å². The molecule has 120 valence electrons. The van der Waals surface area contributed by atoms with Crippen LogP contribution in [0.3, 0.4) is 0 Å². The molecule has 0 saturated heterocycles. The Bertz CT molecular complexity index is 720. The largest absolute Gasteiger partial charge is 0.465 e. The maximum absolute atomic E-state index is 12.1. The highest BCUT2D eigenvalue weighted by Crippen LogP contribution is 2.40. The van der Waals surface area contributed by atoms with Gasteiger partial charge in [-0.3, -0.25) is 4.90 Å². The molecule has 1 aromatic heterocycles. The molecule has 0 spiro atoms. The third kappa shape index (κ3) is 2.47. The minimum Gasteiger partial charge on any atom is -0.465 e. The van der Waals surface area contributed by atoms with E-state index in [4.69, 9.17) is 4.74 Å². The molecule has 1 atom stereocenters. The zero-order chi connectivity index (χ0) is 15.8. The lowest BCUT2D eigenvalue weighted by atomic mass is 9.89. The molecule has 2 heterocycles. The molecule has 0 unspecified atom stereocenters. The Morgan fingerprint density at radius 1 is 1.26 bits per heavy atom. The van der Waals surface area contributed by atoms with Crippen LogP contribution in [0, 0.1) is 0 Å². The zero-order valence-electron chi connectivity index (χ0n) is 13.5. The van der Waals surface area contributed by atoms with E-state index in [1.165, 1.54) is 30.4 Å². The predicted molar refractivity (Wildman–Crippen MR) is 88.3 cm³/mol. The number of ether oxygens (including phenoxy) is 1. The summed E-state index contributed by atoms with van der Waals surface area (Å²) in [5.41, 5.74) is 4.69. The fourth-order valence-corrected chi connectivity index (χ4v) is 4.10. The normalized spacial score (nSPS) is 20.1. The van der Waals surface area contributed by atoms with Crippen LogP contribution in [0.15, 0.2) is 36.5 Å². The van der Waals surface area contributed by atoms with E-state index in [0.29, 0.717) is 6.04 Å². The van der Waals surface area contributed by atoms with Crippen LogP contribution in [0.4, 0.5) is 0 Å². The fourth-order valence-electron chi connectivity index (χ4n) is 4.10. The molecule has 4 heteroatoms. The van der Waals surface area contributed by atoms with Crippen molar-refractivity contribution < 1.29 is 9.53 Å². The summed E-state index contributed by atoms with van der Waals surface area (Å²) < 4.78 is 7.26. The predicted octanol–water partition coefficient (Wildman–Crippen LogP) is 3.17. The van der Waals surface area contributed by atoms with Crippen LogP contribution < -0.4 is 0 Å². The molecule has 0 bridgehead atoms. The zero-order valence-corrected chi connectivity index (χ0v) is 13.5. The van der Waals surface area contributed by atoms with Crippen LogP contribution in [-0.2, 0) is 24.2 Å². The van der Waals surface area contributed by atoms with E-state index in [1.807, 2.05) is 6.20 Å². The molecular formula is C19H22N2O2. The molecule has 2 aliphatic rings. The summed E-state index contributed by atoms with van der Waals surface area (Å²) in [6.07, 6.45) is 5.30. The van der Waals surface area contributed by atoms with Crippen LogP contribution in [0.5, 0.6) is 0 Å². The standard InChI is InChI=1S/C19H22N2O2/c1-23-19(22)16-13-21-11-10-20(12-14-6-3-2-4-7-14)17-9-5-8-15(16)18(17)21/h2-4,6-7,13,17H,5,8-12H2,1H3/t17-/m0/s1. The molecule has 23 heavy (non-hydrogen) atoms. The Labute approximate surface area is 136 Å². The Balaban J connectivity index is 1.67. The average molecular weight is 310 g/mol. The third-order valence-electron chi connectivity index (χ3n) is 5.15. The molecule has 1 aliphatic heterocycles. The molecule has 4 nitrogen and oxygen atoms in total. The summed E-state index contributed by atoms with van der Waals surface area (Å²) in [6, 6.07) is 11.1. The molecule has 2 aromatic rings. The van der Waals surface area contributed by atoms with E-state index in [2.05, 4.69) is 39.8 Å². The van der Waals surface area contributed by atoms with Crippen molar-refractivity contribution in [3.63, 3.8) is 0 Å². The van der Waals surface area contributed by atoms with Gasteiger partial charge in [0.25, 0.3) is 0 Å². The van der Waals surface area contributed by atoms with Crippen LogP contribution >= 0.6 is 0 Å². The maximum Gasteiger partial charge on any atom is 0.339 e. The van der Waals surface area contributed by atoms with Crippen molar-refractivity contribution in [3.8, 4) is 0 Å². The Morgan fingerprint density at radius 2 is 2.09 bits per heavy atom. The van der Waals surface area contributed by atoms with Crippen molar-refractivity contribution >= 4 is 5.97 Å². The molecule has 0 saturated carbocycles. The van der Waals surface area contributed by atoms with Gasteiger partial charge in [0.2, 0.25) is 0 Å². The number of benzene rings is 1. The van der Waals surface area contributed by atoms with Crippen molar-refractivity contribution in [2.75, 3.05) is 13.7 Å². The second-order valence-corrected chi connectivity index (χ2v) is 6.46. The minimum absolute atomic E-state index is 0.197. The van der Waals surface area contributed by atoms with Crippen LogP contribution in [0.2, 0.25) is 0 Å². The average Bonchev–Trinajstić information content (AvgIpc) is 2.98. The van der Waals surface area contributed by atoms with Gasteiger partial charge in [0.15, 0.2) is 0 Å². The molecule has 0 radical (unpaired) electrons. The van der Waals surface area contributed by atoms with E-state index in [9.17, 15) is 4.79 Å². The molecule has 4 rings (SSSR count). The van der Waals surface area contributed by atoms with Crippen LogP contribution in [-0.4, -0.2) is 29.1 Å². The number of nitrogens with zero attached hydrogens (tertiary/aromatic N) is 2. The summed E-state index contributed by atoms with van der Waals surface area (Å²) in [6.45, 7) is 2.95. The van der Waals surface area contributed by atoms with Crippen molar-refractivity contribution in [1.29, 1.82) is 0 Å². The maximum atomic E-state index is 12.1. The SMILES string of the molecule is COC(=O)c1cn2c3c1CCC[C@@H]3N(Cc1ccccc1)CC2. The summed E-state index contributed by atoms with van der Waals surface area (Å²) in [5, 5.41) is 0. The summed E-state index contributed by atoms with van der Waals surface area (Å²) in [5.74, 6) is -0.197. The van der Waals surface area contributed by atoms with Gasteiger partial charge in [-0.15, -0.1) is 0 Å². The first-order valence-corrected chi connectivity index (χ1v) is 8.36. The summed E-state index contributed by atoms with van der Waals surface area (Å²) in [4.78, 5) is 14.6. The highest BCUT2D eigenvalue weighted by molar-refractivity contribution is 5.91. The number of esters is 1. The number of hydrogen-bond donors (Lipinski definition) is 0. The highest BCUT2D eigenvalue weighted by atomic mass is 16.5. The number of methoxy groups -OCH3 is 1.